The van der Waals surface area contributed by atoms with Crippen LogP contribution in [0.2, 0.25) is 0 Å². The Morgan fingerprint density at radius 3 is 1.86 bits per heavy atom. The zero-order valence-electron chi connectivity index (χ0n) is 12.7. The molecular weight excluding hydrogens is 270 g/mol. The smallest absolute Gasteiger partial charge is 0.364 e. The number of benzene rings is 1. The van der Waals surface area contributed by atoms with Crippen molar-refractivity contribution in [3.63, 3.8) is 0 Å². The molecule has 0 aliphatic rings. The van der Waals surface area contributed by atoms with E-state index in [1.807, 2.05) is 32.9 Å². The summed E-state index contributed by atoms with van der Waals surface area (Å²) in [6, 6.07) is 7.17. The van der Waals surface area contributed by atoms with E-state index in [1.165, 1.54) is 0 Å². The average molecular weight is 291 g/mol. The quantitative estimate of drug-likeness (QED) is 0.440. The number of ether oxygens (including phenoxy) is 2. The highest BCUT2D eigenvalue weighted by molar-refractivity contribution is 6.63. The van der Waals surface area contributed by atoms with Gasteiger partial charge in [0.1, 0.15) is 0 Å². The molecule has 0 saturated heterocycles. The molecule has 5 heteroatoms. The Morgan fingerprint density at radius 2 is 1.43 bits per heavy atom. The minimum absolute atomic E-state index is 0.243. The van der Waals surface area contributed by atoms with Crippen molar-refractivity contribution in [1.29, 1.82) is 0 Å². The average Bonchev–Trinajstić information content (AvgIpc) is 2.49. The first-order valence-corrected chi connectivity index (χ1v) is 7.08. The van der Waals surface area contributed by atoms with Crippen molar-refractivity contribution in [1.82, 2.24) is 0 Å². The highest BCUT2D eigenvalue weighted by Crippen LogP contribution is 2.13. The molecule has 0 aliphatic heterocycles. The monoisotopic (exact) mass is 291 g/mol. The molecule has 0 N–H and O–H groups in total. The summed E-state index contributed by atoms with van der Waals surface area (Å²) in [5, 5.41) is 0. The van der Waals surface area contributed by atoms with Gasteiger partial charge in [0.25, 0.3) is 0 Å². The van der Waals surface area contributed by atoms with Crippen molar-refractivity contribution in [2.45, 2.75) is 33.6 Å². The van der Waals surface area contributed by atoms with Crippen LogP contribution in [0.5, 0.6) is 0 Å². The van der Waals surface area contributed by atoms with Crippen LogP contribution in [-0.2, 0) is 19.1 Å². The van der Waals surface area contributed by atoms with Crippen molar-refractivity contribution in [3.8, 4) is 0 Å². The highest BCUT2D eigenvalue weighted by atomic mass is 16.6. The molecule has 0 saturated carbocycles. The standard InChI is InChI=1S/C16H21NO4/c1-4-10-20-15(18)14(16(19)21-11-5-2)17-13-8-6-12(3)7-9-13/h6-9H,4-5,10-11H2,1-3H3. The zero-order chi connectivity index (χ0) is 15.7. The normalized spacial score (nSPS) is 9.86. The first kappa shape index (κ1) is 16.9. The molecule has 5 nitrogen and oxygen atoms in total. The number of rotatable bonds is 7. The van der Waals surface area contributed by atoms with Crippen LogP contribution < -0.4 is 0 Å². The van der Waals surface area contributed by atoms with Gasteiger partial charge in [-0.3, -0.25) is 0 Å². The topological polar surface area (TPSA) is 65.0 Å². The van der Waals surface area contributed by atoms with E-state index < -0.39 is 11.9 Å². The molecule has 0 aliphatic carbocycles. The van der Waals surface area contributed by atoms with Crippen LogP contribution in [0.15, 0.2) is 29.3 Å². The van der Waals surface area contributed by atoms with Gasteiger partial charge in [0.15, 0.2) is 0 Å². The first-order chi connectivity index (χ1) is 10.1. The van der Waals surface area contributed by atoms with Gasteiger partial charge in [-0.1, -0.05) is 31.5 Å². The van der Waals surface area contributed by atoms with E-state index in [4.69, 9.17) is 9.47 Å². The van der Waals surface area contributed by atoms with Crippen LogP contribution >= 0.6 is 0 Å². The second-order valence-electron chi connectivity index (χ2n) is 4.57. The van der Waals surface area contributed by atoms with Gasteiger partial charge in [0.05, 0.1) is 18.9 Å². The number of hydrogen-bond donors (Lipinski definition) is 0. The molecule has 1 rings (SSSR count). The maximum Gasteiger partial charge on any atom is 0.364 e. The molecule has 114 valence electrons. The van der Waals surface area contributed by atoms with E-state index >= 15 is 0 Å². The number of hydrogen-bond acceptors (Lipinski definition) is 5. The van der Waals surface area contributed by atoms with E-state index in [-0.39, 0.29) is 18.9 Å². The third kappa shape index (κ3) is 5.77. The molecule has 0 spiro atoms. The molecule has 0 heterocycles. The van der Waals surface area contributed by atoms with Gasteiger partial charge in [-0.25, -0.2) is 14.6 Å². The Labute approximate surface area is 125 Å². The fraction of sp³-hybridized carbons (Fsp3) is 0.438. The van der Waals surface area contributed by atoms with Crippen LogP contribution in [0.4, 0.5) is 5.69 Å². The van der Waals surface area contributed by atoms with E-state index in [2.05, 4.69) is 4.99 Å². The summed E-state index contributed by atoms with van der Waals surface area (Å²) < 4.78 is 9.96. The lowest BCUT2D eigenvalue weighted by Gasteiger charge is -2.07. The Balaban J connectivity index is 2.96. The third-order valence-electron chi connectivity index (χ3n) is 2.54. The number of carbonyl (C=O) groups is 2. The molecule has 0 atom stereocenters. The lowest BCUT2D eigenvalue weighted by atomic mass is 10.2. The number of aliphatic imine (C=N–C) groups is 1. The van der Waals surface area contributed by atoms with Crippen molar-refractivity contribution in [3.05, 3.63) is 29.8 Å². The van der Waals surface area contributed by atoms with Crippen molar-refractivity contribution in [2.75, 3.05) is 13.2 Å². The minimum Gasteiger partial charge on any atom is -0.461 e. The van der Waals surface area contributed by atoms with Gasteiger partial charge in [-0.05, 0) is 31.9 Å². The summed E-state index contributed by atoms with van der Waals surface area (Å²) in [5.74, 6) is -1.50. The number of aryl methyl sites for hydroxylation is 1. The van der Waals surface area contributed by atoms with Gasteiger partial charge in [0.2, 0.25) is 5.71 Å². The predicted molar refractivity (Wildman–Crippen MR) is 80.8 cm³/mol. The maximum atomic E-state index is 11.9. The summed E-state index contributed by atoms with van der Waals surface area (Å²) in [7, 11) is 0. The maximum absolute atomic E-state index is 11.9. The number of carbonyl (C=O) groups excluding carboxylic acids is 2. The fourth-order valence-electron chi connectivity index (χ4n) is 1.45. The van der Waals surface area contributed by atoms with E-state index in [9.17, 15) is 9.59 Å². The molecule has 1 aromatic carbocycles. The minimum atomic E-state index is -0.751. The summed E-state index contributed by atoms with van der Waals surface area (Å²) in [6.45, 7) is 6.18. The zero-order valence-corrected chi connectivity index (χ0v) is 12.7. The molecular formula is C16H21NO4. The Kier molecular flexibility index (Phi) is 7.15. The van der Waals surface area contributed by atoms with Gasteiger partial charge in [-0.2, -0.15) is 0 Å². The summed E-state index contributed by atoms with van der Waals surface area (Å²) in [6.07, 6.45) is 1.35. The van der Waals surface area contributed by atoms with E-state index in [0.717, 1.165) is 5.56 Å². The Hall–Kier alpha value is -2.17. The molecule has 21 heavy (non-hydrogen) atoms. The summed E-state index contributed by atoms with van der Waals surface area (Å²) in [4.78, 5) is 27.9. The Bertz CT molecular complexity index is 484. The SMILES string of the molecule is CCCOC(=O)C(=Nc1ccc(C)cc1)C(=O)OCCC. The molecule has 0 amide bonds. The van der Waals surface area contributed by atoms with Gasteiger partial charge in [-0.15, -0.1) is 0 Å². The van der Waals surface area contributed by atoms with Crippen molar-refractivity contribution in [2.24, 2.45) is 4.99 Å². The summed E-state index contributed by atoms with van der Waals surface area (Å²) >= 11 is 0. The van der Waals surface area contributed by atoms with Crippen LogP contribution in [0.3, 0.4) is 0 Å². The van der Waals surface area contributed by atoms with Crippen LogP contribution in [0.25, 0.3) is 0 Å². The van der Waals surface area contributed by atoms with E-state index in [0.29, 0.717) is 18.5 Å². The van der Waals surface area contributed by atoms with E-state index in [1.54, 1.807) is 12.1 Å². The molecule has 0 radical (unpaired) electrons. The Morgan fingerprint density at radius 1 is 0.952 bits per heavy atom. The lowest BCUT2D eigenvalue weighted by molar-refractivity contribution is -0.141. The molecule has 0 unspecified atom stereocenters. The first-order valence-electron chi connectivity index (χ1n) is 7.08. The van der Waals surface area contributed by atoms with Gasteiger partial charge in [0, 0.05) is 0 Å². The highest BCUT2D eigenvalue weighted by Gasteiger charge is 2.23. The van der Waals surface area contributed by atoms with Crippen molar-refractivity contribution < 1.29 is 19.1 Å². The number of nitrogens with zero attached hydrogens (tertiary/aromatic N) is 1. The lowest BCUT2D eigenvalue weighted by Crippen LogP contribution is -2.28. The molecule has 0 fully saturated rings. The fourth-order valence-corrected chi connectivity index (χ4v) is 1.45. The third-order valence-corrected chi connectivity index (χ3v) is 2.54. The number of esters is 2. The van der Waals surface area contributed by atoms with Crippen molar-refractivity contribution >= 4 is 23.3 Å². The molecule has 1 aromatic rings. The second kappa shape index (κ2) is 8.89. The predicted octanol–water partition coefficient (Wildman–Crippen LogP) is 2.97. The van der Waals surface area contributed by atoms with Crippen LogP contribution in [0.1, 0.15) is 32.3 Å². The van der Waals surface area contributed by atoms with Crippen LogP contribution in [0, 0.1) is 6.92 Å². The summed E-state index contributed by atoms with van der Waals surface area (Å²) in [5.41, 5.74) is 1.26. The molecule has 0 bridgehead atoms. The second-order valence-corrected chi connectivity index (χ2v) is 4.57. The van der Waals surface area contributed by atoms with Gasteiger partial charge < -0.3 is 9.47 Å². The largest absolute Gasteiger partial charge is 0.461 e. The van der Waals surface area contributed by atoms with Crippen LogP contribution in [-0.4, -0.2) is 30.9 Å². The molecule has 0 aromatic heterocycles. The van der Waals surface area contributed by atoms with Gasteiger partial charge >= 0.3 is 11.9 Å².